The Morgan fingerprint density at radius 3 is 0.816 bits per heavy atom. The minimum absolute atomic E-state index is 0.105. The average Bonchev–Trinajstić information content (AvgIpc) is 3.71. The molecule has 0 aromatic carbocycles. The molecule has 0 aromatic heterocycles. The standard InChI is InChI=1S/C68H132O17P2/c1-6-10-13-16-19-32-38-42-47-52-66(71)79-58-64(85-68(73)54-49-44-39-34-31-29-27-25-23-22-24-26-28-30-33-35-40-45-50-61(5)9-4)60-83-87(76,77)81-56-62(69)55-80-86(74,75)82-59-63(84-67(72)53-48-43-37-21-18-15-12-8-3)57-78-65(70)51-46-41-36-20-17-14-11-7-2/h61-64,69H,6-60H2,1-5H3,(H,74,75)(H,76,77)/t61?,62-,63+,64+/m0/s1. The molecule has 17 nitrogen and oxygen atoms in total. The number of carbonyl (C=O) groups is 4. The summed E-state index contributed by atoms with van der Waals surface area (Å²) in [5.74, 6) is -1.26. The Balaban J connectivity index is 5.06. The van der Waals surface area contributed by atoms with Crippen LogP contribution in [0.15, 0.2) is 0 Å². The van der Waals surface area contributed by atoms with Crippen LogP contribution in [-0.2, 0) is 65.4 Å². The molecule has 0 saturated carbocycles. The fraction of sp³-hybridized carbons (Fsp3) is 0.941. The van der Waals surface area contributed by atoms with Crippen LogP contribution in [0.3, 0.4) is 0 Å². The molecule has 6 atom stereocenters. The van der Waals surface area contributed by atoms with Crippen molar-refractivity contribution in [1.29, 1.82) is 0 Å². The highest BCUT2D eigenvalue weighted by Crippen LogP contribution is 2.45. The summed E-state index contributed by atoms with van der Waals surface area (Å²) in [6.45, 7) is 7.22. The first-order chi connectivity index (χ1) is 42.1. The molecule has 0 saturated heterocycles. The first kappa shape index (κ1) is 85.1. The van der Waals surface area contributed by atoms with Gasteiger partial charge in [0.1, 0.15) is 19.3 Å². The van der Waals surface area contributed by atoms with E-state index < -0.39 is 97.5 Å². The predicted molar refractivity (Wildman–Crippen MR) is 349 cm³/mol. The van der Waals surface area contributed by atoms with E-state index in [-0.39, 0.29) is 25.7 Å². The second kappa shape index (κ2) is 61.6. The maximum atomic E-state index is 13.0. The number of ether oxygens (including phenoxy) is 4. The van der Waals surface area contributed by atoms with Crippen LogP contribution in [0.1, 0.15) is 349 Å². The van der Waals surface area contributed by atoms with Crippen molar-refractivity contribution in [2.75, 3.05) is 39.6 Å². The molecule has 19 heteroatoms. The third-order valence-electron chi connectivity index (χ3n) is 16.1. The number of esters is 4. The van der Waals surface area contributed by atoms with E-state index in [1.54, 1.807) is 0 Å². The van der Waals surface area contributed by atoms with Gasteiger partial charge in [0.25, 0.3) is 0 Å². The van der Waals surface area contributed by atoms with E-state index in [0.717, 1.165) is 109 Å². The molecule has 87 heavy (non-hydrogen) atoms. The lowest BCUT2D eigenvalue weighted by Gasteiger charge is -2.21. The molecule has 0 aliphatic heterocycles. The smallest absolute Gasteiger partial charge is 0.462 e. The Morgan fingerprint density at radius 2 is 0.552 bits per heavy atom. The molecule has 0 spiro atoms. The second-order valence-corrected chi connectivity index (χ2v) is 27.7. The summed E-state index contributed by atoms with van der Waals surface area (Å²) in [6.07, 6.45) is 47.4. The highest BCUT2D eigenvalue weighted by atomic mass is 31.2. The van der Waals surface area contributed by atoms with Crippen LogP contribution >= 0.6 is 15.6 Å². The van der Waals surface area contributed by atoms with Crippen molar-refractivity contribution in [1.82, 2.24) is 0 Å². The van der Waals surface area contributed by atoms with Gasteiger partial charge in [-0.05, 0) is 31.6 Å². The van der Waals surface area contributed by atoms with Gasteiger partial charge in [-0.15, -0.1) is 0 Å². The van der Waals surface area contributed by atoms with Crippen molar-refractivity contribution in [2.24, 2.45) is 5.92 Å². The first-order valence-electron chi connectivity index (χ1n) is 35.7. The number of hydrogen-bond acceptors (Lipinski definition) is 15. The zero-order valence-electron chi connectivity index (χ0n) is 56.2. The van der Waals surface area contributed by atoms with Crippen molar-refractivity contribution >= 4 is 39.5 Å². The van der Waals surface area contributed by atoms with Crippen LogP contribution in [0.2, 0.25) is 0 Å². The van der Waals surface area contributed by atoms with Crippen molar-refractivity contribution < 1.29 is 80.2 Å². The van der Waals surface area contributed by atoms with E-state index in [9.17, 15) is 43.2 Å². The number of aliphatic hydroxyl groups is 1. The minimum Gasteiger partial charge on any atom is -0.462 e. The summed E-state index contributed by atoms with van der Waals surface area (Å²) in [6, 6.07) is 0. The van der Waals surface area contributed by atoms with Gasteiger partial charge in [-0.1, -0.05) is 298 Å². The zero-order valence-corrected chi connectivity index (χ0v) is 57.9. The second-order valence-electron chi connectivity index (χ2n) is 24.8. The van der Waals surface area contributed by atoms with Crippen LogP contribution in [0.4, 0.5) is 0 Å². The third kappa shape index (κ3) is 61.3. The molecule has 0 amide bonds. The molecule has 3 N–H and O–H groups in total. The number of carbonyl (C=O) groups excluding carboxylic acids is 4. The van der Waals surface area contributed by atoms with Gasteiger partial charge in [0.15, 0.2) is 12.2 Å². The van der Waals surface area contributed by atoms with Crippen molar-refractivity contribution in [2.45, 2.75) is 368 Å². The van der Waals surface area contributed by atoms with Gasteiger partial charge in [0.05, 0.1) is 26.4 Å². The molecular weight excluding hydrogens is 1150 g/mol. The molecule has 0 bridgehead atoms. The van der Waals surface area contributed by atoms with Crippen LogP contribution < -0.4 is 0 Å². The average molecular weight is 1280 g/mol. The molecule has 3 unspecified atom stereocenters. The molecule has 0 aromatic rings. The van der Waals surface area contributed by atoms with Gasteiger partial charge in [0.2, 0.25) is 0 Å². The Morgan fingerprint density at radius 1 is 0.322 bits per heavy atom. The highest BCUT2D eigenvalue weighted by Gasteiger charge is 2.30. The molecular formula is C68H132O17P2. The summed E-state index contributed by atoms with van der Waals surface area (Å²) >= 11 is 0. The summed E-state index contributed by atoms with van der Waals surface area (Å²) in [5.41, 5.74) is 0. The normalized spacial score (nSPS) is 14.4. The number of rotatable bonds is 68. The molecule has 0 aliphatic carbocycles. The van der Waals surface area contributed by atoms with E-state index in [1.807, 2.05) is 0 Å². The lowest BCUT2D eigenvalue weighted by molar-refractivity contribution is -0.161. The third-order valence-corrected chi connectivity index (χ3v) is 18.0. The van der Waals surface area contributed by atoms with E-state index in [1.165, 1.54) is 161 Å². The van der Waals surface area contributed by atoms with Gasteiger partial charge in [0, 0.05) is 25.7 Å². The SMILES string of the molecule is CCCCCCCCCCCC(=O)OC[C@H](COP(=O)(O)OC[C@@H](O)COP(=O)(O)OC[C@@H](COC(=O)CCCCCCCCCC)OC(=O)CCCCCCCCCC)OC(=O)CCCCCCCCCCCCCCCCCCCCC(C)CC. The maximum Gasteiger partial charge on any atom is 0.472 e. The van der Waals surface area contributed by atoms with Crippen molar-refractivity contribution in [3.05, 3.63) is 0 Å². The lowest BCUT2D eigenvalue weighted by atomic mass is 9.99. The quantitative estimate of drug-likeness (QED) is 0.0222. The Kier molecular flexibility index (Phi) is 60.2. The summed E-state index contributed by atoms with van der Waals surface area (Å²) in [5, 5.41) is 10.5. The molecule has 0 radical (unpaired) electrons. The zero-order chi connectivity index (χ0) is 64.2. The van der Waals surface area contributed by atoms with Crippen LogP contribution in [0.5, 0.6) is 0 Å². The molecule has 0 heterocycles. The fourth-order valence-corrected chi connectivity index (χ4v) is 11.8. The number of phosphoric ester groups is 2. The largest absolute Gasteiger partial charge is 0.472 e. The van der Waals surface area contributed by atoms with Gasteiger partial charge < -0.3 is 33.8 Å². The van der Waals surface area contributed by atoms with Crippen LogP contribution in [0, 0.1) is 5.92 Å². The number of hydrogen-bond donors (Lipinski definition) is 3. The molecule has 516 valence electrons. The van der Waals surface area contributed by atoms with E-state index in [2.05, 4.69) is 34.6 Å². The van der Waals surface area contributed by atoms with Gasteiger partial charge >= 0.3 is 39.5 Å². The van der Waals surface area contributed by atoms with Crippen molar-refractivity contribution in [3.8, 4) is 0 Å². The Labute approximate surface area is 530 Å². The van der Waals surface area contributed by atoms with Gasteiger partial charge in [-0.3, -0.25) is 37.3 Å². The van der Waals surface area contributed by atoms with E-state index >= 15 is 0 Å². The van der Waals surface area contributed by atoms with Gasteiger partial charge in [-0.25, -0.2) is 9.13 Å². The molecule has 0 aliphatic rings. The molecule has 0 fully saturated rings. The fourth-order valence-electron chi connectivity index (χ4n) is 10.3. The van der Waals surface area contributed by atoms with Crippen LogP contribution in [0.25, 0.3) is 0 Å². The van der Waals surface area contributed by atoms with E-state index in [4.69, 9.17) is 37.0 Å². The van der Waals surface area contributed by atoms with Gasteiger partial charge in [-0.2, -0.15) is 0 Å². The Hall–Kier alpha value is -1.94. The minimum atomic E-state index is -4.94. The Bertz CT molecular complexity index is 1690. The summed E-state index contributed by atoms with van der Waals surface area (Å²) in [7, 11) is -9.88. The van der Waals surface area contributed by atoms with Crippen LogP contribution in [-0.4, -0.2) is 96.7 Å². The molecule has 0 rings (SSSR count). The number of phosphoric acid groups is 2. The van der Waals surface area contributed by atoms with E-state index in [0.29, 0.717) is 25.7 Å². The predicted octanol–water partition coefficient (Wildman–Crippen LogP) is 19.4. The summed E-state index contributed by atoms with van der Waals surface area (Å²) in [4.78, 5) is 72.1. The highest BCUT2D eigenvalue weighted by molar-refractivity contribution is 7.47. The maximum absolute atomic E-state index is 13.0. The number of unbranched alkanes of at least 4 members (excludes halogenated alkanes) is 39. The first-order valence-corrected chi connectivity index (χ1v) is 38.7. The van der Waals surface area contributed by atoms with Crippen molar-refractivity contribution in [3.63, 3.8) is 0 Å². The summed E-state index contributed by atoms with van der Waals surface area (Å²) < 4.78 is 67.9. The monoisotopic (exact) mass is 1280 g/mol. The topological polar surface area (TPSA) is 237 Å². The lowest BCUT2D eigenvalue weighted by Crippen LogP contribution is -2.30. The number of aliphatic hydroxyl groups excluding tert-OH is 1.